The van der Waals surface area contributed by atoms with Crippen LogP contribution in [0.3, 0.4) is 0 Å². The number of nitrogens with one attached hydrogen (secondary N) is 2. The Kier molecular flexibility index (Phi) is 2.79. The maximum Gasteiger partial charge on any atom is 0.233 e. The first-order chi connectivity index (χ1) is 9.16. The van der Waals surface area contributed by atoms with Gasteiger partial charge in [0.2, 0.25) is 5.91 Å². The van der Waals surface area contributed by atoms with Crippen molar-refractivity contribution in [2.75, 3.05) is 5.32 Å². The molecule has 1 aromatic carbocycles. The van der Waals surface area contributed by atoms with E-state index in [1.54, 1.807) is 0 Å². The number of aromatic nitrogens is 2. The number of fused-ring (bicyclic) bond motifs is 1. The third kappa shape index (κ3) is 2.00. The molecule has 0 radical (unpaired) electrons. The second kappa shape index (κ2) is 4.47. The quantitative estimate of drug-likeness (QED) is 0.736. The van der Waals surface area contributed by atoms with E-state index in [2.05, 4.69) is 15.5 Å². The number of hydrogen-bond acceptors (Lipinski definition) is 3. The minimum atomic E-state index is -0.112. The standard InChI is InChI=1S/C13H12N4OS/c14-11(19)10-6-15-17-12(10)16-13(18)9-5-7-3-1-2-4-8(7)9/h1-4,6,9H,5H2,(H2,14,19)(H2,15,16,17,18). The topological polar surface area (TPSA) is 83.8 Å². The third-order valence-corrected chi connectivity index (χ3v) is 3.54. The van der Waals surface area contributed by atoms with Crippen molar-refractivity contribution in [1.29, 1.82) is 0 Å². The lowest BCUT2D eigenvalue weighted by Crippen LogP contribution is -2.30. The van der Waals surface area contributed by atoms with Gasteiger partial charge in [-0.2, -0.15) is 5.10 Å². The van der Waals surface area contributed by atoms with Crippen molar-refractivity contribution in [3.63, 3.8) is 0 Å². The Bertz CT molecular complexity index is 664. The lowest BCUT2D eigenvalue weighted by molar-refractivity contribution is -0.118. The molecule has 0 saturated carbocycles. The van der Waals surface area contributed by atoms with E-state index in [1.807, 2.05) is 24.3 Å². The van der Waals surface area contributed by atoms with Gasteiger partial charge in [0.25, 0.3) is 0 Å². The molecule has 2 aromatic rings. The number of thiocarbonyl (C=S) groups is 1. The number of carbonyl (C=O) groups excluding carboxylic acids is 1. The molecule has 1 aliphatic carbocycles. The van der Waals surface area contributed by atoms with Gasteiger partial charge in [0, 0.05) is 0 Å². The Hall–Kier alpha value is -2.21. The first-order valence-electron chi connectivity index (χ1n) is 5.88. The molecule has 0 bridgehead atoms. The van der Waals surface area contributed by atoms with E-state index in [9.17, 15) is 4.79 Å². The number of benzene rings is 1. The summed E-state index contributed by atoms with van der Waals surface area (Å²) in [5.41, 5.74) is 8.41. The lowest BCUT2D eigenvalue weighted by Gasteiger charge is -2.28. The molecule has 1 atom stereocenters. The fraction of sp³-hybridized carbons (Fsp3) is 0.154. The van der Waals surface area contributed by atoms with Crippen LogP contribution in [0.4, 0.5) is 5.82 Å². The predicted molar refractivity (Wildman–Crippen MR) is 76.0 cm³/mol. The van der Waals surface area contributed by atoms with Crippen LogP contribution in [-0.2, 0) is 11.2 Å². The monoisotopic (exact) mass is 272 g/mol. The zero-order valence-corrected chi connectivity index (χ0v) is 10.8. The van der Waals surface area contributed by atoms with Crippen LogP contribution in [-0.4, -0.2) is 21.1 Å². The number of H-pyrrole nitrogens is 1. The summed E-state index contributed by atoms with van der Waals surface area (Å²) in [6.07, 6.45) is 2.27. The maximum absolute atomic E-state index is 12.2. The van der Waals surface area contributed by atoms with Crippen LogP contribution in [0, 0.1) is 0 Å². The van der Waals surface area contributed by atoms with E-state index in [-0.39, 0.29) is 16.8 Å². The fourth-order valence-electron chi connectivity index (χ4n) is 2.27. The molecule has 0 aliphatic heterocycles. The highest BCUT2D eigenvalue weighted by Crippen LogP contribution is 2.35. The number of hydrogen-bond donors (Lipinski definition) is 3. The van der Waals surface area contributed by atoms with Crippen molar-refractivity contribution in [3.05, 3.63) is 47.2 Å². The van der Waals surface area contributed by atoms with Gasteiger partial charge in [-0.05, 0) is 17.5 Å². The molecule has 0 spiro atoms. The number of nitrogens with two attached hydrogens (primary N) is 1. The Labute approximate surface area is 115 Å². The average molecular weight is 272 g/mol. The highest BCUT2D eigenvalue weighted by molar-refractivity contribution is 7.80. The van der Waals surface area contributed by atoms with Crippen molar-refractivity contribution < 1.29 is 4.79 Å². The van der Waals surface area contributed by atoms with Crippen LogP contribution < -0.4 is 11.1 Å². The van der Waals surface area contributed by atoms with Crippen LogP contribution in [0.5, 0.6) is 0 Å². The summed E-state index contributed by atoms with van der Waals surface area (Å²) in [4.78, 5) is 12.4. The Morgan fingerprint density at radius 1 is 1.47 bits per heavy atom. The fourth-order valence-corrected chi connectivity index (χ4v) is 2.43. The van der Waals surface area contributed by atoms with Crippen molar-refractivity contribution >= 4 is 28.9 Å². The summed E-state index contributed by atoms with van der Waals surface area (Å²) < 4.78 is 0. The second-order valence-electron chi connectivity index (χ2n) is 4.47. The molecule has 1 aromatic heterocycles. The minimum absolute atomic E-state index is 0.0690. The first kappa shape index (κ1) is 11.9. The van der Waals surface area contributed by atoms with Crippen molar-refractivity contribution in [2.24, 2.45) is 5.73 Å². The molecule has 6 heteroatoms. The normalized spacial score (nSPS) is 16.3. The van der Waals surface area contributed by atoms with Gasteiger partial charge < -0.3 is 11.1 Å². The van der Waals surface area contributed by atoms with Crippen molar-refractivity contribution in [2.45, 2.75) is 12.3 Å². The molecule has 5 nitrogen and oxygen atoms in total. The Morgan fingerprint density at radius 3 is 3.00 bits per heavy atom. The van der Waals surface area contributed by atoms with Gasteiger partial charge in [0.1, 0.15) is 10.8 Å². The highest BCUT2D eigenvalue weighted by atomic mass is 32.1. The molecule has 96 valence electrons. The number of nitrogens with zero attached hydrogens (tertiary/aromatic N) is 1. The lowest BCUT2D eigenvalue weighted by atomic mass is 9.77. The van der Waals surface area contributed by atoms with Crippen LogP contribution >= 0.6 is 12.2 Å². The molecule has 0 fully saturated rings. The molecule has 1 heterocycles. The molecule has 1 amide bonds. The van der Waals surface area contributed by atoms with Crippen molar-refractivity contribution in [3.8, 4) is 0 Å². The number of anilines is 1. The summed E-state index contributed by atoms with van der Waals surface area (Å²) in [5, 5.41) is 9.32. The van der Waals surface area contributed by atoms with E-state index < -0.39 is 0 Å². The molecule has 19 heavy (non-hydrogen) atoms. The van der Waals surface area contributed by atoms with Gasteiger partial charge >= 0.3 is 0 Å². The summed E-state index contributed by atoms with van der Waals surface area (Å²) >= 11 is 4.89. The highest BCUT2D eigenvalue weighted by Gasteiger charge is 2.32. The number of aromatic amines is 1. The van der Waals surface area contributed by atoms with Gasteiger partial charge in [0.15, 0.2) is 0 Å². The average Bonchev–Trinajstić information content (AvgIpc) is 2.79. The second-order valence-corrected chi connectivity index (χ2v) is 4.91. The summed E-state index contributed by atoms with van der Waals surface area (Å²) in [5.74, 6) is 0.279. The van der Waals surface area contributed by atoms with E-state index in [1.165, 1.54) is 11.8 Å². The van der Waals surface area contributed by atoms with Gasteiger partial charge in [-0.25, -0.2) is 0 Å². The zero-order chi connectivity index (χ0) is 13.4. The molecule has 3 rings (SSSR count). The van der Waals surface area contributed by atoms with Gasteiger partial charge in [-0.15, -0.1) is 0 Å². The molecular weight excluding hydrogens is 260 g/mol. The van der Waals surface area contributed by atoms with Gasteiger partial charge in [0.05, 0.1) is 17.7 Å². The van der Waals surface area contributed by atoms with Gasteiger partial charge in [-0.3, -0.25) is 9.89 Å². The maximum atomic E-state index is 12.2. The van der Waals surface area contributed by atoms with Crippen LogP contribution in [0.1, 0.15) is 22.6 Å². The van der Waals surface area contributed by atoms with Crippen LogP contribution in [0.15, 0.2) is 30.5 Å². The summed E-state index contributed by atoms with van der Waals surface area (Å²) in [7, 11) is 0. The van der Waals surface area contributed by atoms with Crippen molar-refractivity contribution in [1.82, 2.24) is 10.2 Å². The SMILES string of the molecule is NC(=S)c1cn[nH]c1NC(=O)C1Cc2ccccc21. The largest absolute Gasteiger partial charge is 0.389 e. The zero-order valence-electron chi connectivity index (χ0n) is 10.0. The minimum Gasteiger partial charge on any atom is -0.389 e. The van der Waals surface area contributed by atoms with E-state index in [4.69, 9.17) is 18.0 Å². The Balaban J connectivity index is 1.77. The number of rotatable bonds is 3. The third-order valence-electron chi connectivity index (χ3n) is 3.32. The Morgan fingerprint density at radius 2 is 2.26 bits per heavy atom. The summed E-state index contributed by atoms with van der Waals surface area (Å²) in [6.45, 7) is 0. The molecule has 0 saturated heterocycles. The molecule has 1 unspecified atom stereocenters. The van der Waals surface area contributed by atoms with E-state index in [0.29, 0.717) is 11.4 Å². The van der Waals surface area contributed by atoms with E-state index in [0.717, 1.165) is 12.0 Å². The van der Waals surface area contributed by atoms with Gasteiger partial charge in [-0.1, -0.05) is 36.5 Å². The number of amides is 1. The molecular formula is C13H12N4OS. The molecule has 4 N–H and O–H groups in total. The van der Waals surface area contributed by atoms with Crippen LogP contribution in [0.25, 0.3) is 0 Å². The first-order valence-corrected chi connectivity index (χ1v) is 6.29. The smallest absolute Gasteiger partial charge is 0.233 e. The predicted octanol–water partition coefficient (Wildman–Crippen LogP) is 1.32. The molecule has 1 aliphatic rings. The number of carbonyl (C=O) groups is 1. The van der Waals surface area contributed by atoms with E-state index >= 15 is 0 Å². The summed E-state index contributed by atoms with van der Waals surface area (Å²) in [6, 6.07) is 7.93. The van der Waals surface area contributed by atoms with Crippen LogP contribution in [0.2, 0.25) is 0 Å².